The summed E-state index contributed by atoms with van der Waals surface area (Å²) in [5, 5.41) is 10.9. The second kappa shape index (κ2) is 10.1. The molecule has 2 aromatic carbocycles. The third kappa shape index (κ3) is 7.23. The summed E-state index contributed by atoms with van der Waals surface area (Å²) in [6.07, 6.45) is -2.41. The van der Waals surface area contributed by atoms with Crippen LogP contribution in [0.3, 0.4) is 0 Å². The van der Waals surface area contributed by atoms with E-state index in [1.54, 1.807) is 31.2 Å². The molecule has 0 spiro atoms. The van der Waals surface area contributed by atoms with Gasteiger partial charge in [0.1, 0.15) is 0 Å². The summed E-state index contributed by atoms with van der Waals surface area (Å²) < 4.78 is 38.1. The van der Waals surface area contributed by atoms with Crippen LogP contribution in [-0.2, 0) is 6.18 Å². The van der Waals surface area contributed by atoms with E-state index in [1.165, 1.54) is 12.1 Å². The first-order valence-corrected chi connectivity index (χ1v) is 10.1. The van der Waals surface area contributed by atoms with Crippen molar-refractivity contribution in [1.29, 1.82) is 0 Å². The van der Waals surface area contributed by atoms with Crippen molar-refractivity contribution in [2.45, 2.75) is 38.0 Å². The Labute approximate surface area is 184 Å². The molecule has 0 aromatic heterocycles. The van der Waals surface area contributed by atoms with Crippen LogP contribution in [-0.4, -0.2) is 24.6 Å². The first-order valence-electron chi connectivity index (χ1n) is 10.1. The molecule has 0 radical (unpaired) electrons. The molecule has 1 unspecified atom stereocenters. The van der Waals surface area contributed by atoms with Gasteiger partial charge in [-0.15, -0.1) is 0 Å². The van der Waals surface area contributed by atoms with Gasteiger partial charge in [0.05, 0.1) is 18.2 Å². The van der Waals surface area contributed by atoms with Gasteiger partial charge >= 0.3 is 18.2 Å². The summed E-state index contributed by atoms with van der Waals surface area (Å²) >= 11 is 0. The minimum absolute atomic E-state index is 0.0201. The second-order valence-corrected chi connectivity index (χ2v) is 7.42. The summed E-state index contributed by atoms with van der Waals surface area (Å²) in [6.45, 7) is 1.78. The smallest absolute Gasteiger partial charge is 0.335 e. The number of carbonyl (C=O) groups is 2. The predicted octanol–water partition coefficient (Wildman–Crippen LogP) is 4.40. The fraction of sp³-hybridized carbons (Fsp3) is 0.304. The maximum atomic E-state index is 12.7. The number of halogens is 3. The zero-order chi connectivity index (χ0) is 23.1. The lowest BCUT2D eigenvalue weighted by molar-refractivity contribution is -0.137. The Morgan fingerprint density at radius 1 is 1.09 bits per heavy atom. The van der Waals surface area contributed by atoms with Crippen LogP contribution in [0.1, 0.15) is 42.5 Å². The number of nitrogens with one attached hydrogen (secondary N) is 4. The number of urea groups is 2. The fourth-order valence-corrected chi connectivity index (χ4v) is 2.81. The van der Waals surface area contributed by atoms with E-state index in [4.69, 9.17) is 0 Å². The number of alkyl halides is 3. The highest BCUT2D eigenvalue weighted by Crippen LogP contribution is 2.29. The number of hydrogen-bond donors (Lipinski definition) is 4. The molecular formula is C23H23F3N4O2. The van der Waals surface area contributed by atoms with E-state index in [0.717, 1.165) is 30.5 Å². The van der Waals surface area contributed by atoms with Crippen LogP contribution in [0.15, 0.2) is 48.5 Å². The molecule has 1 atom stereocenters. The van der Waals surface area contributed by atoms with Gasteiger partial charge in [0.2, 0.25) is 0 Å². The van der Waals surface area contributed by atoms with Crippen molar-refractivity contribution in [2.24, 2.45) is 0 Å². The number of carbonyl (C=O) groups excluding carboxylic acids is 2. The minimum Gasteiger partial charge on any atom is -0.335 e. The Kier molecular flexibility index (Phi) is 7.25. The number of anilines is 1. The Bertz CT molecular complexity index is 1020. The maximum absolute atomic E-state index is 12.7. The van der Waals surface area contributed by atoms with Crippen molar-refractivity contribution >= 4 is 17.7 Å². The summed E-state index contributed by atoms with van der Waals surface area (Å²) in [5.74, 6) is 5.24. The molecule has 9 heteroatoms. The molecule has 4 amide bonds. The van der Waals surface area contributed by atoms with Gasteiger partial charge in [-0.25, -0.2) is 9.59 Å². The molecule has 0 saturated heterocycles. The predicted molar refractivity (Wildman–Crippen MR) is 115 cm³/mol. The van der Waals surface area contributed by atoms with E-state index in [2.05, 4.69) is 33.1 Å². The van der Waals surface area contributed by atoms with Crippen LogP contribution in [0, 0.1) is 11.8 Å². The Morgan fingerprint density at radius 2 is 1.81 bits per heavy atom. The van der Waals surface area contributed by atoms with Crippen LogP contribution in [0.25, 0.3) is 0 Å². The van der Waals surface area contributed by atoms with Gasteiger partial charge in [-0.1, -0.05) is 30.0 Å². The van der Waals surface area contributed by atoms with Crippen molar-refractivity contribution in [3.63, 3.8) is 0 Å². The van der Waals surface area contributed by atoms with Gasteiger partial charge in [0.15, 0.2) is 0 Å². The molecule has 0 bridgehead atoms. The van der Waals surface area contributed by atoms with Crippen LogP contribution >= 0.6 is 0 Å². The second-order valence-electron chi connectivity index (χ2n) is 7.42. The fourth-order valence-electron chi connectivity index (χ4n) is 2.81. The maximum Gasteiger partial charge on any atom is 0.416 e. The lowest BCUT2D eigenvalue weighted by Crippen LogP contribution is -2.37. The average Bonchev–Trinajstić information content (AvgIpc) is 3.55. The molecule has 0 aliphatic heterocycles. The van der Waals surface area contributed by atoms with Gasteiger partial charge in [-0.2, -0.15) is 13.2 Å². The van der Waals surface area contributed by atoms with Gasteiger partial charge in [0.25, 0.3) is 0 Å². The largest absolute Gasteiger partial charge is 0.416 e. The van der Waals surface area contributed by atoms with Gasteiger partial charge in [0, 0.05) is 17.3 Å². The summed E-state index contributed by atoms with van der Waals surface area (Å²) in [5.41, 5.74) is 0.931. The molecule has 168 valence electrons. The number of amides is 4. The molecule has 1 aliphatic rings. The number of rotatable bonds is 5. The number of benzene rings is 2. The van der Waals surface area contributed by atoms with Crippen molar-refractivity contribution < 1.29 is 22.8 Å². The summed E-state index contributed by atoms with van der Waals surface area (Å²) in [6, 6.07) is 11.1. The highest BCUT2D eigenvalue weighted by Gasteiger charge is 2.30. The topological polar surface area (TPSA) is 82.3 Å². The van der Waals surface area contributed by atoms with Gasteiger partial charge < -0.3 is 21.3 Å². The molecule has 1 fully saturated rings. The molecule has 0 heterocycles. The minimum atomic E-state index is -4.43. The molecule has 6 nitrogen and oxygen atoms in total. The van der Waals surface area contributed by atoms with E-state index in [1.807, 2.05) is 0 Å². The Hall–Kier alpha value is -3.67. The van der Waals surface area contributed by atoms with E-state index < -0.39 is 17.8 Å². The van der Waals surface area contributed by atoms with Crippen molar-refractivity contribution in [3.8, 4) is 11.8 Å². The van der Waals surface area contributed by atoms with E-state index in [9.17, 15) is 22.8 Å². The molecule has 1 aliphatic carbocycles. The summed E-state index contributed by atoms with van der Waals surface area (Å²) in [4.78, 5) is 23.8. The lowest BCUT2D eigenvalue weighted by Gasteiger charge is -2.15. The Balaban J connectivity index is 1.44. The molecule has 32 heavy (non-hydrogen) atoms. The van der Waals surface area contributed by atoms with Crippen LogP contribution in [0.2, 0.25) is 0 Å². The number of hydrogen-bond acceptors (Lipinski definition) is 2. The highest BCUT2D eigenvalue weighted by molar-refractivity contribution is 5.89. The monoisotopic (exact) mass is 444 g/mol. The lowest BCUT2D eigenvalue weighted by atomic mass is 10.1. The van der Waals surface area contributed by atoms with E-state index in [-0.39, 0.29) is 30.2 Å². The zero-order valence-corrected chi connectivity index (χ0v) is 17.3. The Morgan fingerprint density at radius 3 is 2.47 bits per heavy atom. The first-order chi connectivity index (χ1) is 15.2. The summed E-state index contributed by atoms with van der Waals surface area (Å²) in [7, 11) is 0. The van der Waals surface area contributed by atoms with Crippen molar-refractivity contribution in [1.82, 2.24) is 16.0 Å². The van der Waals surface area contributed by atoms with E-state index >= 15 is 0 Å². The third-order valence-corrected chi connectivity index (χ3v) is 4.69. The molecule has 1 saturated carbocycles. The SMILES string of the molecule is CC(NC(=O)NCC#Cc1cccc(C(F)(F)F)c1)c1ccc(NC(=O)NC2CC2)cc1. The zero-order valence-electron chi connectivity index (χ0n) is 17.3. The molecule has 4 N–H and O–H groups in total. The van der Waals surface area contributed by atoms with Crippen LogP contribution in [0.5, 0.6) is 0 Å². The van der Waals surface area contributed by atoms with Crippen LogP contribution < -0.4 is 21.3 Å². The highest BCUT2D eigenvalue weighted by atomic mass is 19.4. The van der Waals surface area contributed by atoms with Crippen molar-refractivity contribution in [2.75, 3.05) is 11.9 Å². The quantitative estimate of drug-likeness (QED) is 0.516. The van der Waals surface area contributed by atoms with Gasteiger partial charge in [-0.3, -0.25) is 0 Å². The van der Waals surface area contributed by atoms with Crippen LogP contribution in [0.4, 0.5) is 28.4 Å². The third-order valence-electron chi connectivity index (χ3n) is 4.69. The average molecular weight is 444 g/mol. The molecule has 3 rings (SSSR count). The van der Waals surface area contributed by atoms with Gasteiger partial charge in [-0.05, 0) is 55.7 Å². The molecular weight excluding hydrogens is 421 g/mol. The normalized spacial score (nSPS) is 13.9. The van der Waals surface area contributed by atoms with E-state index in [0.29, 0.717) is 5.69 Å². The standard InChI is InChI=1S/C23H23F3N4O2/c1-15(17-7-9-19(10-8-17)29-22(32)30-20-11-12-20)28-21(31)27-13-3-5-16-4-2-6-18(14-16)23(24,25)26/h2,4,6-10,14-15,20H,11-13H2,1H3,(H2,27,28,31)(H2,29,30,32). The molecule has 2 aromatic rings. The first kappa shape index (κ1) is 23.0. The van der Waals surface area contributed by atoms with Crippen molar-refractivity contribution in [3.05, 3.63) is 65.2 Å².